The standard InChI is InChI=1S/C18H18O4/c1-3-17(19)14-6-10-15(11-7-14)21-12-18(20)22-16-8-4-13(2)5-9-16/h4-11H,3,12H2,1-2H3. The largest absolute Gasteiger partial charge is 0.482 e. The van der Waals surface area contributed by atoms with Crippen LogP contribution in [0.5, 0.6) is 11.5 Å². The molecule has 2 rings (SSSR count). The molecule has 0 aromatic heterocycles. The Balaban J connectivity index is 1.85. The number of carbonyl (C=O) groups excluding carboxylic acids is 2. The Kier molecular flexibility index (Phi) is 5.31. The summed E-state index contributed by atoms with van der Waals surface area (Å²) >= 11 is 0. The molecule has 0 spiro atoms. The minimum Gasteiger partial charge on any atom is -0.482 e. The lowest BCUT2D eigenvalue weighted by molar-refractivity contribution is -0.136. The molecule has 2 aromatic rings. The summed E-state index contributed by atoms with van der Waals surface area (Å²) in [4.78, 5) is 23.2. The van der Waals surface area contributed by atoms with Gasteiger partial charge < -0.3 is 9.47 Å². The minimum absolute atomic E-state index is 0.0744. The van der Waals surface area contributed by atoms with E-state index in [-0.39, 0.29) is 12.4 Å². The maximum absolute atomic E-state index is 11.7. The lowest BCUT2D eigenvalue weighted by Gasteiger charge is -2.07. The van der Waals surface area contributed by atoms with E-state index in [4.69, 9.17) is 9.47 Å². The maximum Gasteiger partial charge on any atom is 0.349 e. The van der Waals surface area contributed by atoms with Gasteiger partial charge in [-0.25, -0.2) is 4.79 Å². The third-order valence-electron chi connectivity index (χ3n) is 3.11. The van der Waals surface area contributed by atoms with Crippen molar-refractivity contribution in [3.8, 4) is 11.5 Å². The van der Waals surface area contributed by atoms with E-state index < -0.39 is 5.97 Å². The molecule has 0 atom stereocenters. The number of ketones is 1. The molecule has 0 fully saturated rings. The zero-order chi connectivity index (χ0) is 15.9. The van der Waals surface area contributed by atoms with Crippen LogP contribution in [0.3, 0.4) is 0 Å². The third kappa shape index (κ3) is 4.45. The van der Waals surface area contributed by atoms with Crippen molar-refractivity contribution in [3.63, 3.8) is 0 Å². The summed E-state index contributed by atoms with van der Waals surface area (Å²) in [6.07, 6.45) is 0.461. The third-order valence-corrected chi connectivity index (χ3v) is 3.11. The maximum atomic E-state index is 11.7. The Morgan fingerprint density at radius 2 is 1.50 bits per heavy atom. The van der Waals surface area contributed by atoms with Crippen LogP contribution in [0.2, 0.25) is 0 Å². The lowest BCUT2D eigenvalue weighted by Crippen LogP contribution is -2.17. The normalized spacial score (nSPS) is 10.1. The first-order chi connectivity index (χ1) is 10.6. The minimum atomic E-state index is -0.474. The molecule has 4 nitrogen and oxygen atoms in total. The van der Waals surface area contributed by atoms with Crippen molar-refractivity contribution in [1.82, 2.24) is 0 Å². The molecule has 0 N–H and O–H groups in total. The van der Waals surface area contributed by atoms with Gasteiger partial charge in [0, 0.05) is 12.0 Å². The Labute approximate surface area is 129 Å². The van der Waals surface area contributed by atoms with Gasteiger partial charge in [-0.15, -0.1) is 0 Å². The first-order valence-corrected chi connectivity index (χ1v) is 7.12. The first kappa shape index (κ1) is 15.8. The molecule has 0 aliphatic heterocycles. The van der Waals surface area contributed by atoms with Crippen LogP contribution in [0, 0.1) is 6.92 Å². The van der Waals surface area contributed by atoms with Crippen molar-refractivity contribution in [2.24, 2.45) is 0 Å². The van der Waals surface area contributed by atoms with Crippen LogP contribution >= 0.6 is 0 Å². The van der Waals surface area contributed by atoms with Gasteiger partial charge in [0.15, 0.2) is 12.4 Å². The van der Waals surface area contributed by atoms with Crippen molar-refractivity contribution < 1.29 is 19.1 Å². The van der Waals surface area contributed by atoms with Crippen LogP contribution in [0.1, 0.15) is 29.3 Å². The fourth-order valence-electron chi connectivity index (χ4n) is 1.85. The van der Waals surface area contributed by atoms with Crippen LogP contribution in [-0.4, -0.2) is 18.4 Å². The van der Waals surface area contributed by atoms with Gasteiger partial charge >= 0.3 is 5.97 Å². The summed E-state index contributed by atoms with van der Waals surface area (Å²) in [5.41, 5.74) is 1.73. The molecule has 114 valence electrons. The smallest absolute Gasteiger partial charge is 0.349 e. The van der Waals surface area contributed by atoms with Crippen molar-refractivity contribution in [2.45, 2.75) is 20.3 Å². The van der Waals surface area contributed by atoms with Gasteiger partial charge in [-0.3, -0.25) is 4.79 Å². The molecule has 0 aliphatic rings. The fourth-order valence-corrected chi connectivity index (χ4v) is 1.85. The van der Waals surface area contributed by atoms with Crippen LogP contribution in [0.4, 0.5) is 0 Å². The number of rotatable bonds is 6. The Morgan fingerprint density at radius 1 is 0.909 bits per heavy atom. The van der Waals surface area contributed by atoms with Gasteiger partial charge in [0.05, 0.1) is 0 Å². The molecule has 0 heterocycles. The number of esters is 1. The second-order valence-electron chi connectivity index (χ2n) is 4.88. The van der Waals surface area contributed by atoms with Crippen molar-refractivity contribution in [3.05, 3.63) is 59.7 Å². The van der Waals surface area contributed by atoms with Crippen molar-refractivity contribution in [1.29, 1.82) is 0 Å². The number of hydrogen-bond acceptors (Lipinski definition) is 4. The van der Waals surface area contributed by atoms with Gasteiger partial charge in [-0.2, -0.15) is 0 Å². The molecule has 0 saturated carbocycles. The van der Waals surface area contributed by atoms with E-state index >= 15 is 0 Å². The quantitative estimate of drug-likeness (QED) is 0.465. The molecular weight excluding hydrogens is 280 g/mol. The van der Waals surface area contributed by atoms with Crippen LogP contribution < -0.4 is 9.47 Å². The van der Waals surface area contributed by atoms with Gasteiger partial charge in [-0.1, -0.05) is 24.6 Å². The predicted octanol–water partition coefficient (Wildman–Crippen LogP) is 3.57. The highest BCUT2D eigenvalue weighted by molar-refractivity contribution is 5.95. The number of aryl methyl sites for hydroxylation is 1. The van der Waals surface area contributed by atoms with E-state index in [1.54, 1.807) is 36.4 Å². The Hall–Kier alpha value is -2.62. The molecule has 0 radical (unpaired) electrons. The van der Waals surface area contributed by atoms with E-state index in [1.807, 2.05) is 26.0 Å². The average molecular weight is 298 g/mol. The monoisotopic (exact) mass is 298 g/mol. The number of carbonyl (C=O) groups is 2. The van der Waals surface area contributed by atoms with E-state index in [9.17, 15) is 9.59 Å². The number of Topliss-reactive ketones (excluding diaryl/α,β-unsaturated/α-hetero) is 1. The summed E-state index contributed by atoms with van der Waals surface area (Å²) in [6.45, 7) is 3.59. The van der Waals surface area contributed by atoms with Crippen LogP contribution in [-0.2, 0) is 4.79 Å². The lowest BCUT2D eigenvalue weighted by atomic mass is 10.1. The zero-order valence-electron chi connectivity index (χ0n) is 12.7. The summed E-state index contributed by atoms with van der Waals surface area (Å²) in [7, 11) is 0. The molecule has 0 saturated heterocycles. The second-order valence-corrected chi connectivity index (χ2v) is 4.88. The molecule has 0 unspecified atom stereocenters. The van der Waals surface area contributed by atoms with Crippen molar-refractivity contribution >= 4 is 11.8 Å². The van der Waals surface area contributed by atoms with Gasteiger partial charge in [0.2, 0.25) is 0 Å². The summed E-state index contributed by atoms with van der Waals surface area (Å²) in [5, 5.41) is 0. The molecule has 22 heavy (non-hydrogen) atoms. The van der Waals surface area contributed by atoms with E-state index in [0.717, 1.165) is 5.56 Å². The van der Waals surface area contributed by atoms with E-state index in [1.165, 1.54) is 0 Å². The second kappa shape index (κ2) is 7.41. The highest BCUT2D eigenvalue weighted by atomic mass is 16.6. The van der Waals surface area contributed by atoms with E-state index in [0.29, 0.717) is 23.5 Å². The first-order valence-electron chi connectivity index (χ1n) is 7.12. The summed E-state index contributed by atoms with van der Waals surface area (Å²) < 4.78 is 10.5. The van der Waals surface area contributed by atoms with Gasteiger partial charge in [0.25, 0.3) is 0 Å². The number of hydrogen-bond donors (Lipinski definition) is 0. The van der Waals surface area contributed by atoms with Crippen LogP contribution in [0.25, 0.3) is 0 Å². The number of ether oxygens (including phenoxy) is 2. The summed E-state index contributed by atoms with van der Waals surface area (Å²) in [6, 6.07) is 13.9. The fraction of sp³-hybridized carbons (Fsp3) is 0.222. The Morgan fingerprint density at radius 3 is 2.09 bits per heavy atom. The average Bonchev–Trinajstić information content (AvgIpc) is 2.55. The molecular formula is C18H18O4. The topological polar surface area (TPSA) is 52.6 Å². The highest BCUT2D eigenvalue weighted by Crippen LogP contribution is 2.14. The molecule has 2 aromatic carbocycles. The van der Waals surface area contributed by atoms with Crippen molar-refractivity contribution in [2.75, 3.05) is 6.61 Å². The van der Waals surface area contributed by atoms with Gasteiger partial charge in [-0.05, 0) is 43.3 Å². The Bertz CT molecular complexity index is 642. The zero-order valence-corrected chi connectivity index (χ0v) is 12.7. The summed E-state index contributed by atoms with van der Waals surface area (Å²) in [5.74, 6) is 0.611. The number of benzene rings is 2. The molecule has 0 aliphatic carbocycles. The molecule has 0 bridgehead atoms. The van der Waals surface area contributed by atoms with Gasteiger partial charge in [0.1, 0.15) is 11.5 Å². The SMILES string of the molecule is CCC(=O)c1ccc(OCC(=O)Oc2ccc(C)cc2)cc1. The molecule has 0 amide bonds. The van der Waals surface area contributed by atoms with E-state index in [2.05, 4.69) is 0 Å². The van der Waals surface area contributed by atoms with Crippen LogP contribution in [0.15, 0.2) is 48.5 Å². The molecule has 4 heteroatoms. The predicted molar refractivity (Wildman–Crippen MR) is 83.4 cm³/mol. The highest BCUT2D eigenvalue weighted by Gasteiger charge is 2.07.